The number of ether oxygens (including phenoxy) is 1. The van der Waals surface area contributed by atoms with Crippen molar-refractivity contribution < 1.29 is 9.84 Å². The Labute approximate surface area is 114 Å². The summed E-state index contributed by atoms with van der Waals surface area (Å²) in [5.74, 6) is 0. The van der Waals surface area contributed by atoms with Crippen LogP contribution < -0.4 is 0 Å². The normalized spacial score (nSPS) is 12.7. The summed E-state index contributed by atoms with van der Waals surface area (Å²) in [6.45, 7) is 0.829. The van der Waals surface area contributed by atoms with E-state index in [4.69, 9.17) is 4.74 Å². The number of hydrogen-bond acceptors (Lipinski definition) is 2. The van der Waals surface area contributed by atoms with Crippen molar-refractivity contribution in [3.05, 3.63) is 77.9 Å². The molecule has 0 fully saturated rings. The summed E-state index contributed by atoms with van der Waals surface area (Å²) >= 11 is 0. The van der Waals surface area contributed by atoms with Gasteiger partial charge in [-0.15, -0.1) is 0 Å². The van der Waals surface area contributed by atoms with Gasteiger partial charge in [0.2, 0.25) is 0 Å². The Morgan fingerprint density at radius 1 is 0.947 bits per heavy atom. The van der Waals surface area contributed by atoms with Crippen LogP contribution in [0.1, 0.15) is 11.1 Å². The first kappa shape index (κ1) is 13.5. The molecular formula is C17H18O2. The number of hydrogen-bond donors (Lipinski definition) is 1. The minimum absolute atomic E-state index is 0.304. The SMILES string of the molecule is O[C@@H](/C=C/c1ccccc1)COCc1ccccc1. The summed E-state index contributed by atoms with van der Waals surface area (Å²) in [5.41, 5.74) is 2.19. The highest BCUT2D eigenvalue weighted by Crippen LogP contribution is 2.04. The molecule has 0 aromatic heterocycles. The average molecular weight is 254 g/mol. The van der Waals surface area contributed by atoms with E-state index in [1.807, 2.05) is 66.7 Å². The largest absolute Gasteiger partial charge is 0.387 e. The van der Waals surface area contributed by atoms with Gasteiger partial charge < -0.3 is 9.84 Å². The lowest BCUT2D eigenvalue weighted by Gasteiger charge is -2.07. The number of rotatable bonds is 6. The fourth-order valence-electron chi connectivity index (χ4n) is 1.71. The van der Waals surface area contributed by atoms with Crippen LogP contribution in [-0.2, 0) is 11.3 Å². The summed E-state index contributed by atoms with van der Waals surface area (Å²) in [5, 5.41) is 9.78. The predicted octanol–water partition coefficient (Wildman–Crippen LogP) is 3.28. The molecule has 1 N–H and O–H groups in total. The highest BCUT2D eigenvalue weighted by Gasteiger charge is 1.99. The van der Waals surface area contributed by atoms with Crippen LogP contribution in [0.15, 0.2) is 66.7 Å². The van der Waals surface area contributed by atoms with Crippen molar-refractivity contribution in [2.24, 2.45) is 0 Å². The fraction of sp³-hybridized carbons (Fsp3) is 0.176. The first-order valence-corrected chi connectivity index (χ1v) is 6.37. The second-order valence-corrected chi connectivity index (χ2v) is 4.34. The van der Waals surface area contributed by atoms with Crippen molar-refractivity contribution in [2.45, 2.75) is 12.7 Å². The molecule has 2 nitrogen and oxygen atoms in total. The van der Waals surface area contributed by atoms with Gasteiger partial charge in [0.1, 0.15) is 0 Å². The molecular weight excluding hydrogens is 236 g/mol. The van der Waals surface area contributed by atoms with Crippen molar-refractivity contribution in [1.29, 1.82) is 0 Å². The maximum atomic E-state index is 9.78. The van der Waals surface area contributed by atoms with Crippen molar-refractivity contribution in [3.8, 4) is 0 Å². The van der Waals surface area contributed by atoms with Crippen molar-refractivity contribution in [2.75, 3.05) is 6.61 Å². The van der Waals surface area contributed by atoms with E-state index in [1.54, 1.807) is 6.08 Å². The fourth-order valence-corrected chi connectivity index (χ4v) is 1.71. The van der Waals surface area contributed by atoms with Crippen LogP contribution in [0.2, 0.25) is 0 Å². The first-order valence-electron chi connectivity index (χ1n) is 6.37. The molecule has 0 bridgehead atoms. The van der Waals surface area contributed by atoms with Gasteiger partial charge >= 0.3 is 0 Å². The van der Waals surface area contributed by atoms with Gasteiger partial charge in [-0.25, -0.2) is 0 Å². The molecule has 0 saturated carbocycles. The van der Waals surface area contributed by atoms with Gasteiger partial charge in [0.15, 0.2) is 0 Å². The quantitative estimate of drug-likeness (QED) is 0.857. The molecule has 0 spiro atoms. The van der Waals surface area contributed by atoms with Crippen LogP contribution in [0.3, 0.4) is 0 Å². The first-order chi connectivity index (χ1) is 9.34. The van der Waals surface area contributed by atoms with E-state index in [9.17, 15) is 5.11 Å². The van der Waals surface area contributed by atoms with Crippen LogP contribution in [0.25, 0.3) is 6.08 Å². The van der Waals surface area contributed by atoms with Crippen molar-refractivity contribution >= 4 is 6.08 Å². The molecule has 0 heterocycles. The molecule has 1 atom stereocenters. The molecule has 2 aromatic carbocycles. The highest BCUT2D eigenvalue weighted by molar-refractivity contribution is 5.49. The Morgan fingerprint density at radius 2 is 1.58 bits per heavy atom. The zero-order valence-corrected chi connectivity index (χ0v) is 10.8. The monoisotopic (exact) mass is 254 g/mol. The Morgan fingerprint density at radius 3 is 2.26 bits per heavy atom. The lowest BCUT2D eigenvalue weighted by atomic mass is 10.2. The van der Waals surface area contributed by atoms with Gasteiger partial charge in [-0.1, -0.05) is 72.8 Å². The third kappa shape index (κ3) is 5.08. The van der Waals surface area contributed by atoms with Crippen LogP contribution in [-0.4, -0.2) is 17.8 Å². The summed E-state index contributed by atoms with van der Waals surface area (Å²) < 4.78 is 5.47. The number of aliphatic hydroxyl groups excluding tert-OH is 1. The predicted molar refractivity (Wildman–Crippen MR) is 77.6 cm³/mol. The van der Waals surface area contributed by atoms with E-state index >= 15 is 0 Å². The second-order valence-electron chi connectivity index (χ2n) is 4.34. The number of aliphatic hydroxyl groups is 1. The molecule has 2 rings (SSSR count). The van der Waals surface area contributed by atoms with Gasteiger partial charge in [-0.05, 0) is 11.1 Å². The average Bonchev–Trinajstić information content (AvgIpc) is 2.47. The third-order valence-electron chi connectivity index (χ3n) is 2.71. The molecule has 98 valence electrons. The van der Waals surface area contributed by atoms with Gasteiger partial charge in [0.05, 0.1) is 19.3 Å². The lowest BCUT2D eigenvalue weighted by Crippen LogP contribution is -2.11. The van der Waals surface area contributed by atoms with E-state index in [2.05, 4.69) is 0 Å². The van der Waals surface area contributed by atoms with Gasteiger partial charge in [0, 0.05) is 0 Å². The third-order valence-corrected chi connectivity index (χ3v) is 2.71. The van der Waals surface area contributed by atoms with E-state index < -0.39 is 6.10 Å². The summed E-state index contributed by atoms with van der Waals surface area (Å²) in [7, 11) is 0. The molecule has 0 aliphatic heterocycles. The molecule has 19 heavy (non-hydrogen) atoms. The molecule has 0 saturated heterocycles. The molecule has 2 aromatic rings. The lowest BCUT2D eigenvalue weighted by molar-refractivity contribution is 0.0507. The maximum Gasteiger partial charge on any atom is 0.0957 e. The second kappa shape index (κ2) is 7.52. The molecule has 0 amide bonds. The van der Waals surface area contributed by atoms with Crippen LogP contribution in [0.4, 0.5) is 0 Å². The van der Waals surface area contributed by atoms with Crippen LogP contribution in [0, 0.1) is 0 Å². The highest BCUT2D eigenvalue weighted by atomic mass is 16.5. The van der Waals surface area contributed by atoms with Gasteiger partial charge in [-0.2, -0.15) is 0 Å². The molecule has 2 heteroatoms. The molecule has 0 aliphatic rings. The van der Waals surface area contributed by atoms with Crippen LogP contribution in [0.5, 0.6) is 0 Å². The standard InChI is InChI=1S/C17H18O2/c18-17(12-11-15-7-3-1-4-8-15)14-19-13-16-9-5-2-6-10-16/h1-12,17-18H,13-14H2/b12-11+/t17-/m0/s1. The van der Waals surface area contributed by atoms with Gasteiger partial charge in [-0.3, -0.25) is 0 Å². The van der Waals surface area contributed by atoms with Gasteiger partial charge in [0.25, 0.3) is 0 Å². The Hall–Kier alpha value is -1.90. The zero-order valence-electron chi connectivity index (χ0n) is 10.8. The smallest absolute Gasteiger partial charge is 0.0957 e. The minimum Gasteiger partial charge on any atom is -0.387 e. The zero-order chi connectivity index (χ0) is 13.3. The summed E-state index contributed by atoms with van der Waals surface area (Å²) in [6, 6.07) is 19.8. The van der Waals surface area contributed by atoms with Crippen molar-refractivity contribution in [1.82, 2.24) is 0 Å². The molecule has 0 radical (unpaired) electrons. The topological polar surface area (TPSA) is 29.5 Å². The van der Waals surface area contributed by atoms with E-state index in [0.717, 1.165) is 11.1 Å². The van der Waals surface area contributed by atoms with Crippen LogP contribution >= 0.6 is 0 Å². The van der Waals surface area contributed by atoms with E-state index in [0.29, 0.717) is 13.2 Å². The Balaban J connectivity index is 1.73. The summed E-state index contributed by atoms with van der Waals surface area (Å²) in [6.07, 6.45) is 3.07. The molecule has 0 aliphatic carbocycles. The summed E-state index contributed by atoms with van der Waals surface area (Å²) in [4.78, 5) is 0. The maximum absolute atomic E-state index is 9.78. The molecule has 0 unspecified atom stereocenters. The minimum atomic E-state index is -0.580. The Bertz CT molecular complexity index is 491. The Kier molecular flexibility index (Phi) is 5.35. The van der Waals surface area contributed by atoms with E-state index in [-0.39, 0.29) is 0 Å². The number of benzene rings is 2. The van der Waals surface area contributed by atoms with E-state index in [1.165, 1.54) is 0 Å². The van der Waals surface area contributed by atoms with Crippen molar-refractivity contribution in [3.63, 3.8) is 0 Å².